The predicted octanol–water partition coefficient (Wildman–Crippen LogP) is 6.18. The van der Waals surface area contributed by atoms with Gasteiger partial charge in [-0.05, 0) is 87.4 Å². The predicted molar refractivity (Wildman–Crippen MR) is 139 cm³/mol. The number of ether oxygens (including phenoxy) is 4. The van der Waals surface area contributed by atoms with Crippen LogP contribution in [0, 0.1) is 20.8 Å². The van der Waals surface area contributed by atoms with Crippen molar-refractivity contribution in [2.24, 2.45) is 0 Å². The molecule has 0 bridgehead atoms. The number of nitrogens with one attached hydrogen (secondary N) is 1. The van der Waals surface area contributed by atoms with Crippen LogP contribution in [-0.4, -0.2) is 32.8 Å². The number of benzene rings is 2. The molecule has 1 N–H and O–H groups in total. The summed E-state index contributed by atoms with van der Waals surface area (Å²) in [5, 5.41) is 2.85. The van der Waals surface area contributed by atoms with Crippen molar-refractivity contribution in [3.05, 3.63) is 63.6 Å². The van der Waals surface area contributed by atoms with E-state index >= 15 is 0 Å². The molecule has 1 aromatic heterocycles. The van der Waals surface area contributed by atoms with E-state index in [0.717, 1.165) is 24.4 Å². The molecule has 0 fully saturated rings. The van der Waals surface area contributed by atoms with Crippen LogP contribution in [-0.2, 0) is 12.8 Å². The molecule has 0 spiro atoms. The van der Waals surface area contributed by atoms with Crippen molar-refractivity contribution < 1.29 is 28.2 Å². The monoisotopic (exact) mass is 493 g/mol. The SMILES string of the molecule is COc1cc(OC)c(NC(=O)c2ccc(Cc3c(C)c(C)c4c(c3C)CCC(C)(C)O4)o2)c(OC)c1. The van der Waals surface area contributed by atoms with Crippen LogP contribution in [0.2, 0.25) is 0 Å². The fourth-order valence-electron chi connectivity index (χ4n) is 4.79. The van der Waals surface area contributed by atoms with Gasteiger partial charge in [0.05, 0.1) is 21.3 Å². The van der Waals surface area contributed by atoms with E-state index in [4.69, 9.17) is 23.4 Å². The molecule has 0 unspecified atom stereocenters. The minimum atomic E-state index is -0.395. The van der Waals surface area contributed by atoms with Gasteiger partial charge in [-0.15, -0.1) is 0 Å². The average Bonchev–Trinajstić information content (AvgIpc) is 3.33. The molecular formula is C29H35NO6. The van der Waals surface area contributed by atoms with Crippen LogP contribution in [0.4, 0.5) is 5.69 Å². The average molecular weight is 494 g/mol. The number of carbonyl (C=O) groups excluding carboxylic acids is 1. The van der Waals surface area contributed by atoms with Crippen molar-refractivity contribution in [3.8, 4) is 23.0 Å². The number of methoxy groups -OCH3 is 3. The molecule has 0 aliphatic carbocycles. The largest absolute Gasteiger partial charge is 0.496 e. The number of hydrogen-bond acceptors (Lipinski definition) is 6. The van der Waals surface area contributed by atoms with E-state index in [9.17, 15) is 4.79 Å². The zero-order valence-corrected chi connectivity index (χ0v) is 22.4. The molecule has 7 heteroatoms. The van der Waals surface area contributed by atoms with Crippen LogP contribution in [0.25, 0.3) is 0 Å². The molecule has 1 amide bonds. The minimum absolute atomic E-state index is 0.156. The summed E-state index contributed by atoms with van der Waals surface area (Å²) < 4.78 is 28.5. The van der Waals surface area contributed by atoms with Gasteiger partial charge in [0.2, 0.25) is 0 Å². The van der Waals surface area contributed by atoms with E-state index in [2.05, 4.69) is 39.9 Å². The Morgan fingerprint density at radius 3 is 2.25 bits per heavy atom. The van der Waals surface area contributed by atoms with Gasteiger partial charge in [0, 0.05) is 18.6 Å². The molecule has 36 heavy (non-hydrogen) atoms. The fourth-order valence-corrected chi connectivity index (χ4v) is 4.79. The zero-order chi connectivity index (χ0) is 26.2. The summed E-state index contributed by atoms with van der Waals surface area (Å²) >= 11 is 0. The summed E-state index contributed by atoms with van der Waals surface area (Å²) in [5.74, 6) is 2.96. The normalized spacial score (nSPS) is 14.0. The van der Waals surface area contributed by atoms with E-state index in [0.29, 0.717) is 29.4 Å². The smallest absolute Gasteiger partial charge is 0.291 e. The van der Waals surface area contributed by atoms with Crippen molar-refractivity contribution in [2.75, 3.05) is 26.6 Å². The molecule has 0 atom stereocenters. The topological polar surface area (TPSA) is 79.2 Å². The quantitative estimate of drug-likeness (QED) is 0.424. The van der Waals surface area contributed by atoms with Gasteiger partial charge in [-0.1, -0.05) is 0 Å². The molecule has 2 heterocycles. The summed E-state index contributed by atoms with van der Waals surface area (Å²) in [6, 6.07) is 6.90. The lowest BCUT2D eigenvalue weighted by Gasteiger charge is -2.35. The number of hydrogen-bond donors (Lipinski definition) is 1. The van der Waals surface area contributed by atoms with Gasteiger partial charge >= 0.3 is 0 Å². The second kappa shape index (κ2) is 9.80. The molecule has 0 saturated heterocycles. The van der Waals surface area contributed by atoms with Crippen LogP contribution < -0.4 is 24.3 Å². The Labute approximate surface area is 212 Å². The third kappa shape index (κ3) is 4.74. The van der Waals surface area contributed by atoms with E-state index < -0.39 is 5.91 Å². The van der Waals surface area contributed by atoms with Gasteiger partial charge in [-0.3, -0.25) is 4.79 Å². The van der Waals surface area contributed by atoms with Crippen molar-refractivity contribution >= 4 is 11.6 Å². The maximum Gasteiger partial charge on any atom is 0.291 e. The number of anilines is 1. The molecule has 1 aliphatic rings. The first-order valence-corrected chi connectivity index (χ1v) is 12.1. The van der Waals surface area contributed by atoms with Gasteiger partial charge < -0.3 is 28.7 Å². The summed E-state index contributed by atoms with van der Waals surface area (Å²) in [6.45, 7) is 10.7. The van der Waals surface area contributed by atoms with Gasteiger partial charge in [-0.25, -0.2) is 0 Å². The highest BCUT2D eigenvalue weighted by atomic mass is 16.5. The zero-order valence-electron chi connectivity index (χ0n) is 22.4. The third-order valence-corrected chi connectivity index (χ3v) is 7.08. The van der Waals surface area contributed by atoms with Crippen LogP contribution in [0.1, 0.15) is 64.4 Å². The second-order valence-corrected chi connectivity index (χ2v) is 9.83. The molecule has 4 rings (SSSR count). The Balaban J connectivity index is 1.59. The van der Waals surface area contributed by atoms with Crippen molar-refractivity contribution in [2.45, 2.75) is 59.5 Å². The number of fused-ring (bicyclic) bond motifs is 1. The Morgan fingerprint density at radius 2 is 1.64 bits per heavy atom. The number of furan rings is 1. The molecule has 7 nitrogen and oxygen atoms in total. The number of carbonyl (C=O) groups is 1. The van der Waals surface area contributed by atoms with E-state index in [1.54, 1.807) is 25.3 Å². The molecular weight excluding hydrogens is 458 g/mol. The fraction of sp³-hybridized carbons (Fsp3) is 0.414. The summed E-state index contributed by atoms with van der Waals surface area (Å²) in [7, 11) is 4.59. The highest BCUT2D eigenvalue weighted by Crippen LogP contribution is 2.42. The van der Waals surface area contributed by atoms with Gasteiger partial charge in [0.25, 0.3) is 5.91 Å². The molecule has 0 radical (unpaired) electrons. The lowest BCUT2D eigenvalue weighted by molar-refractivity contribution is 0.0833. The minimum Gasteiger partial charge on any atom is -0.496 e. The first-order chi connectivity index (χ1) is 17.1. The van der Waals surface area contributed by atoms with Crippen LogP contribution in [0.3, 0.4) is 0 Å². The molecule has 192 valence electrons. The highest BCUT2D eigenvalue weighted by molar-refractivity contribution is 6.04. The Kier molecular flexibility index (Phi) is 6.94. The molecule has 2 aromatic carbocycles. The first kappa shape index (κ1) is 25.5. The van der Waals surface area contributed by atoms with Gasteiger partial charge in [0.15, 0.2) is 5.76 Å². The third-order valence-electron chi connectivity index (χ3n) is 7.08. The number of rotatable bonds is 7. The summed E-state index contributed by atoms with van der Waals surface area (Å²) in [6.07, 6.45) is 2.56. The Morgan fingerprint density at radius 1 is 0.972 bits per heavy atom. The number of amides is 1. The summed E-state index contributed by atoms with van der Waals surface area (Å²) in [5.41, 5.74) is 6.34. The summed E-state index contributed by atoms with van der Waals surface area (Å²) in [4.78, 5) is 13.0. The van der Waals surface area contributed by atoms with Crippen LogP contribution in [0.15, 0.2) is 28.7 Å². The first-order valence-electron chi connectivity index (χ1n) is 12.1. The second-order valence-electron chi connectivity index (χ2n) is 9.83. The van der Waals surface area contributed by atoms with Crippen molar-refractivity contribution in [3.63, 3.8) is 0 Å². The standard InChI is InChI=1S/C29H35NO6/c1-16-17(2)27-21(11-12-29(4,5)36-27)18(3)22(16)13-19-9-10-23(35-19)28(31)30-26-24(33-7)14-20(32-6)15-25(26)34-8/h9-10,14-15H,11-13H2,1-8H3,(H,30,31). The van der Waals surface area contributed by atoms with Gasteiger partial charge in [0.1, 0.15) is 40.0 Å². The Bertz CT molecular complexity index is 1280. The lowest BCUT2D eigenvalue weighted by atomic mass is 9.84. The van der Waals surface area contributed by atoms with E-state index in [1.165, 1.54) is 42.0 Å². The molecule has 1 aliphatic heterocycles. The Hall–Kier alpha value is -3.61. The lowest BCUT2D eigenvalue weighted by Crippen LogP contribution is -2.33. The van der Waals surface area contributed by atoms with Crippen LogP contribution in [0.5, 0.6) is 23.0 Å². The van der Waals surface area contributed by atoms with E-state index in [1.807, 2.05) is 6.07 Å². The van der Waals surface area contributed by atoms with Crippen LogP contribution >= 0.6 is 0 Å². The highest BCUT2D eigenvalue weighted by Gasteiger charge is 2.31. The van der Waals surface area contributed by atoms with E-state index in [-0.39, 0.29) is 11.4 Å². The van der Waals surface area contributed by atoms with Crippen molar-refractivity contribution in [1.29, 1.82) is 0 Å². The maximum absolute atomic E-state index is 13.0. The molecule has 3 aromatic rings. The van der Waals surface area contributed by atoms with Gasteiger partial charge in [-0.2, -0.15) is 0 Å². The molecule has 0 saturated carbocycles. The van der Waals surface area contributed by atoms with Crippen molar-refractivity contribution in [1.82, 2.24) is 0 Å². The maximum atomic E-state index is 13.0.